The quantitative estimate of drug-likeness (QED) is 0.211. The molecule has 0 saturated heterocycles. The van der Waals surface area contributed by atoms with Crippen molar-refractivity contribution in [3.63, 3.8) is 0 Å². The van der Waals surface area contributed by atoms with Crippen LogP contribution in [0.5, 0.6) is 0 Å². The molecule has 0 saturated carbocycles. The topological polar surface area (TPSA) is 122 Å². The highest BCUT2D eigenvalue weighted by atomic mass is 31.2. The predicted octanol–water partition coefficient (Wildman–Crippen LogP) is 3.02. The SMILES string of the molecule is CN(C)CCCCCCCCCCCCN(CP(=O)(O)O)CP(=O)(O)O. The summed E-state index contributed by atoms with van der Waals surface area (Å²) in [6.07, 6.45) is 10.1. The molecule has 0 unspecified atom stereocenters. The molecule has 0 amide bonds. The highest BCUT2D eigenvalue weighted by Gasteiger charge is 2.25. The van der Waals surface area contributed by atoms with Crippen molar-refractivity contribution in [1.82, 2.24) is 9.80 Å². The van der Waals surface area contributed by atoms with Crippen molar-refractivity contribution >= 4 is 15.2 Å². The van der Waals surface area contributed by atoms with E-state index in [0.717, 1.165) is 25.8 Å². The molecule has 26 heavy (non-hydrogen) atoms. The van der Waals surface area contributed by atoms with Gasteiger partial charge in [0.25, 0.3) is 0 Å². The van der Waals surface area contributed by atoms with Crippen molar-refractivity contribution < 1.29 is 28.7 Å². The van der Waals surface area contributed by atoms with Crippen molar-refractivity contribution in [2.24, 2.45) is 0 Å². The largest absolute Gasteiger partial charge is 0.339 e. The van der Waals surface area contributed by atoms with Gasteiger partial charge < -0.3 is 24.5 Å². The lowest BCUT2D eigenvalue weighted by Crippen LogP contribution is -2.27. The third kappa shape index (κ3) is 20.5. The average Bonchev–Trinajstić information content (AvgIpc) is 2.44. The highest BCUT2D eigenvalue weighted by molar-refractivity contribution is 7.52. The summed E-state index contributed by atoms with van der Waals surface area (Å²) in [7, 11) is -4.44. The first kappa shape index (κ1) is 26.2. The number of unbranched alkanes of at least 4 members (excludes halogenated alkanes) is 9. The third-order valence-electron chi connectivity index (χ3n) is 4.10. The zero-order valence-corrected chi connectivity index (χ0v) is 18.1. The maximum Gasteiger partial charge on any atom is 0.339 e. The van der Waals surface area contributed by atoms with Crippen LogP contribution >= 0.6 is 15.2 Å². The molecule has 10 heteroatoms. The first-order valence-corrected chi connectivity index (χ1v) is 13.1. The van der Waals surface area contributed by atoms with Gasteiger partial charge in [0.05, 0.1) is 0 Å². The molecular weight excluding hydrogens is 378 g/mol. The molecule has 0 atom stereocenters. The Morgan fingerprint density at radius 1 is 0.577 bits per heavy atom. The van der Waals surface area contributed by atoms with E-state index in [4.69, 9.17) is 19.6 Å². The van der Waals surface area contributed by atoms with Crippen molar-refractivity contribution in [1.29, 1.82) is 0 Å². The summed E-state index contributed by atoms with van der Waals surface area (Å²) in [4.78, 5) is 39.4. The summed E-state index contributed by atoms with van der Waals surface area (Å²) in [5.41, 5.74) is 0. The molecule has 0 spiro atoms. The van der Waals surface area contributed by atoms with Gasteiger partial charge in [-0.2, -0.15) is 0 Å². The summed E-state index contributed by atoms with van der Waals surface area (Å²) in [5, 5.41) is 0. The molecule has 4 N–H and O–H groups in total. The van der Waals surface area contributed by atoms with E-state index < -0.39 is 27.8 Å². The van der Waals surface area contributed by atoms with E-state index >= 15 is 0 Å². The average molecular weight is 416 g/mol. The van der Waals surface area contributed by atoms with E-state index in [0.29, 0.717) is 13.0 Å². The highest BCUT2D eigenvalue weighted by Crippen LogP contribution is 2.40. The van der Waals surface area contributed by atoms with E-state index in [1.54, 1.807) is 0 Å². The fraction of sp³-hybridized carbons (Fsp3) is 1.00. The fourth-order valence-corrected chi connectivity index (χ4v) is 4.57. The molecule has 0 aromatic heterocycles. The molecule has 0 aromatic rings. The van der Waals surface area contributed by atoms with Crippen molar-refractivity contribution in [3.05, 3.63) is 0 Å². The van der Waals surface area contributed by atoms with Gasteiger partial charge in [0, 0.05) is 0 Å². The minimum absolute atomic E-state index is 0.294. The maximum atomic E-state index is 11.1. The van der Waals surface area contributed by atoms with Crippen molar-refractivity contribution in [2.75, 3.05) is 39.8 Å². The predicted molar refractivity (Wildman–Crippen MR) is 105 cm³/mol. The Morgan fingerprint density at radius 3 is 1.19 bits per heavy atom. The molecule has 0 aliphatic heterocycles. The Balaban J connectivity index is 3.66. The lowest BCUT2D eigenvalue weighted by atomic mass is 10.1. The maximum absolute atomic E-state index is 11.1. The Bertz CT molecular complexity index is 414. The number of hydrogen-bond donors (Lipinski definition) is 4. The van der Waals surface area contributed by atoms with Crippen LogP contribution in [0.1, 0.15) is 64.2 Å². The van der Waals surface area contributed by atoms with Gasteiger partial charge in [-0.25, -0.2) is 0 Å². The Morgan fingerprint density at radius 2 is 0.885 bits per heavy atom. The number of hydrogen-bond acceptors (Lipinski definition) is 4. The Kier molecular flexibility index (Phi) is 14.4. The van der Waals surface area contributed by atoms with Crippen LogP contribution in [-0.4, -0.2) is 69.1 Å². The smallest absolute Gasteiger partial charge is 0.324 e. The van der Waals surface area contributed by atoms with Gasteiger partial charge in [0.1, 0.15) is 12.6 Å². The van der Waals surface area contributed by atoms with E-state index in [9.17, 15) is 9.13 Å². The summed E-state index contributed by atoms with van der Waals surface area (Å²) >= 11 is 0. The van der Waals surface area contributed by atoms with E-state index in [1.807, 2.05) is 0 Å². The van der Waals surface area contributed by atoms with Crippen LogP contribution in [-0.2, 0) is 9.13 Å². The molecule has 0 bridgehead atoms. The molecular formula is C16H38N2O6P2. The minimum atomic E-state index is -4.32. The second kappa shape index (κ2) is 14.3. The first-order chi connectivity index (χ1) is 12.0. The summed E-state index contributed by atoms with van der Waals surface area (Å²) in [5.74, 6) is 0. The van der Waals surface area contributed by atoms with Crippen LogP contribution in [0.2, 0.25) is 0 Å². The van der Waals surface area contributed by atoms with Crippen LogP contribution in [0.15, 0.2) is 0 Å². The molecule has 0 heterocycles. The van der Waals surface area contributed by atoms with E-state index in [2.05, 4.69) is 19.0 Å². The van der Waals surface area contributed by atoms with Gasteiger partial charge in [0.15, 0.2) is 0 Å². The van der Waals surface area contributed by atoms with Gasteiger partial charge in [0.2, 0.25) is 0 Å². The summed E-state index contributed by atoms with van der Waals surface area (Å²) < 4.78 is 22.1. The normalized spacial score (nSPS) is 13.1. The third-order valence-corrected chi connectivity index (χ3v) is 5.64. The molecule has 158 valence electrons. The number of rotatable bonds is 17. The van der Waals surface area contributed by atoms with Gasteiger partial charge in [-0.05, 0) is 40.0 Å². The van der Waals surface area contributed by atoms with E-state index in [1.165, 1.54) is 43.4 Å². The first-order valence-electron chi connectivity index (χ1n) is 9.46. The van der Waals surface area contributed by atoms with Crippen LogP contribution < -0.4 is 0 Å². The molecule has 0 aromatic carbocycles. The second-order valence-electron chi connectivity index (χ2n) is 7.35. The molecule has 0 aliphatic carbocycles. The monoisotopic (exact) mass is 416 g/mol. The standard InChI is InChI=1S/C16H38N2O6P2/c1-17(2)13-11-9-7-5-3-4-6-8-10-12-14-18(15-25(19,20)21)16-26(22,23)24/h3-16H2,1-2H3,(H2,19,20,21)(H2,22,23,24). The van der Waals surface area contributed by atoms with Crippen LogP contribution in [0.3, 0.4) is 0 Å². The summed E-state index contributed by atoms with van der Waals surface area (Å²) in [6, 6.07) is 0. The molecule has 8 nitrogen and oxygen atoms in total. The molecule has 0 radical (unpaired) electrons. The Hall–Kier alpha value is 0.220. The minimum Gasteiger partial charge on any atom is -0.324 e. The van der Waals surface area contributed by atoms with Crippen molar-refractivity contribution in [2.45, 2.75) is 64.2 Å². The van der Waals surface area contributed by atoms with Crippen LogP contribution in [0, 0.1) is 0 Å². The molecule has 0 fully saturated rings. The van der Waals surface area contributed by atoms with Crippen LogP contribution in [0.4, 0.5) is 0 Å². The van der Waals surface area contributed by atoms with E-state index in [-0.39, 0.29) is 0 Å². The lowest BCUT2D eigenvalue weighted by molar-refractivity contribution is 0.273. The number of nitrogens with zero attached hydrogens (tertiary/aromatic N) is 2. The van der Waals surface area contributed by atoms with Gasteiger partial charge >= 0.3 is 15.2 Å². The van der Waals surface area contributed by atoms with Crippen molar-refractivity contribution in [3.8, 4) is 0 Å². The van der Waals surface area contributed by atoms with Crippen LogP contribution in [0.25, 0.3) is 0 Å². The molecule has 0 rings (SSSR count). The lowest BCUT2D eigenvalue weighted by Gasteiger charge is -2.22. The molecule has 0 aliphatic rings. The Labute approximate surface area is 158 Å². The van der Waals surface area contributed by atoms with Gasteiger partial charge in [-0.15, -0.1) is 0 Å². The zero-order valence-electron chi connectivity index (χ0n) is 16.3. The fourth-order valence-electron chi connectivity index (χ4n) is 2.88. The summed E-state index contributed by atoms with van der Waals surface area (Å²) in [6.45, 7) is 1.45. The second-order valence-corrected chi connectivity index (χ2v) is 10.6. The van der Waals surface area contributed by atoms with Gasteiger partial charge in [-0.1, -0.05) is 51.4 Å². The van der Waals surface area contributed by atoms with Gasteiger partial charge in [-0.3, -0.25) is 14.0 Å². The zero-order chi connectivity index (χ0) is 20.1.